The molecule has 14 heavy (non-hydrogen) atoms. The molecule has 0 spiro atoms. The molecule has 1 aliphatic rings. The van der Waals surface area contributed by atoms with Gasteiger partial charge in [-0.15, -0.1) is 0 Å². The number of pyridine rings is 1. The van der Waals surface area contributed by atoms with Crippen molar-refractivity contribution in [2.45, 2.75) is 6.42 Å². The van der Waals surface area contributed by atoms with Crippen LogP contribution < -0.4 is 10.6 Å². The molecule has 1 aromatic heterocycles. The Labute approximate surface area is 82.7 Å². The Morgan fingerprint density at radius 1 is 1.64 bits per heavy atom. The van der Waals surface area contributed by atoms with Crippen LogP contribution in [-0.4, -0.2) is 24.6 Å². The van der Waals surface area contributed by atoms with Crippen LogP contribution in [0.1, 0.15) is 6.42 Å². The lowest BCUT2D eigenvalue weighted by atomic mass is 10.1. The summed E-state index contributed by atoms with van der Waals surface area (Å²) >= 11 is 0. The number of hydrogen-bond donors (Lipinski definition) is 1. The number of nitrogens with zero attached hydrogens (tertiary/aromatic N) is 2. The van der Waals surface area contributed by atoms with Crippen molar-refractivity contribution in [1.29, 1.82) is 0 Å². The molecule has 2 N–H and O–H groups in total. The van der Waals surface area contributed by atoms with Gasteiger partial charge >= 0.3 is 0 Å². The fourth-order valence-electron chi connectivity index (χ4n) is 1.87. The molecule has 2 heterocycles. The number of nitrogens with two attached hydrogens (primary N) is 1. The zero-order valence-corrected chi connectivity index (χ0v) is 7.99. The molecule has 1 unspecified atom stereocenters. The van der Waals surface area contributed by atoms with Crippen LogP contribution >= 0.6 is 0 Å². The van der Waals surface area contributed by atoms with Crippen LogP contribution in [-0.2, 0) is 0 Å². The summed E-state index contributed by atoms with van der Waals surface area (Å²) in [5.41, 5.74) is 6.23. The maximum absolute atomic E-state index is 13.3. The second-order valence-electron chi connectivity index (χ2n) is 3.66. The van der Waals surface area contributed by atoms with E-state index >= 15 is 0 Å². The van der Waals surface area contributed by atoms with Crippen LogP contribution in [0.2, 0.25) is 0 Å². The van der Waals surface area contributed by atoms with Crippen LogP contribution in [0.4, 0.5) is 10.1 Å². The van der Waals surface area contributed by atoms with Crippen LogP contribution in [0.15, 0.2) is 18.5 Å². The van der Waals surface area contributed by atoms with E-state index in [1.807, 2.05) is 4.90 Å². The summed E-state index contributed by atoms with van der Waals surface area (Å²) in [6.45, 7) is 2.43. The molecule has 2 rings (SSSR count). The van der Waals surface area contributed by atoms with E-state index in [4.69, 9.17) is 5.73 Å². The number of hydrogen-bond acceptors (Lipinski definition) is 3. The summed E-state index contributed by atoms with van der Waals surface area (Å²) in [5, 5.41) is 0. The summed E-state index contributed by atoms with van der Waals surface area (Å²) in [4.78, 5) is 5.77. The predicted octanol–water partition coefficient (Wildman–Crippen LogP) is 1.01. The molecule has 0 saturated carbocycles. The van der Waals surface area contributed by atoms with E-state index in [9.17, 15) is 4.39 Å². The van der Waals surface area contributed by atoms with Gasteiger partial charge in [0, 0.05) is 19.3 Å². The Balaban J connectivity index is 2.13. The second-order valence-corrected chi connectivity index (χ2v) is 3.66. The Hall–Kier alpha value is -1.16. The largest absolute Gasteiger partial charge is 0.369 e. The van der Waals surface area contributed by atoms with Crippen molar-refractivity contribution in [1.82, 2.24) is 4.98 Å². The SMILES string of the molecule is NCC1CCN(c2ccncc2F)C1. The first kappa shape index (κ1) is 9.40. The van der Waals surface area contributed by atoms with E-state index in [0.29, 0.717) is 18.2 Å². The molecule has 0 aromatic carbocycles. The van der Waals surface area contributed by atoms with Crippen LogP contribution in [0.25, 0.3) is 0 Å². The van der Waals surface area contributed by atoms with Gasteiger partial charge in [-0.05, 0) is 24.9 Å². The molecule has 3 nitrogen and oxygen atoms in total. The third-order valence-electron chi connectivity index (χ3n) is 2.71. The summed E-state index contributed by atoms with van der Waals surface area (Å²) in [6.07, 6.45) is 3.93. The quantitative estimate of drug-likeness (QED) is 0.765. The maximum Gasteiger partial charge on any atom is 0.164 e. The fourth-order valence-corrected chi connectivity index (χ4v) is 1.87. The molecule has 1 fully saturated rings. The minimum Gasteiger partial charge on any atom is -0.369 e. The lowest BCUT2D eigenvalue weighted by Gasteiger charge is -2.18. The Morgan fingerprint density at radius 3 is 3.14 bits per heavy atom. The Bertz CT molecular complexity index is 316. The van der Waals surface area contributed by atoms with Gasteiger partial charge in [0.25, 0.3) is 0 Å². The zero-order chi connectivity index (χ0) is 9.97. The molecule has 1 saturated heterocycles. The molecular formula is C10H14FN3. The van der Waals surface area contributed by atoms with E-state index in [0.717, 1.165) is 19.5 Å². The zero-order valence-electron chi connectivity index (χ0n) is 7.99. The van der Waals surface area contributed by atoms with E-state index in [2.05, 4.69) is 4.98 Å². The molecule has 0 radical (unpaired) electrons. The van der Waals surface area contributed by atoms with Gasteiger partial charge in [-0.25, -0.2) is 4.39 Å². The van der Waals surface area contributed by atoms with Gasteiger partial charge in [0.1, 0.15) is 0 Å². The molecular weight excluding hydrogens is 181 g/mol. The van der Waals surface area contributed by atoms with Gasteiger partial charge in [-0.3, -0.25) is 4.98 Å². The van der Waals surface area contributed by atoms with Gasteiger partial charge in [0.2, 0.25) is 0 Å². The molecule has 1 aliphatic heterocycles. The smallest absolute Gasteiger partial charge is 0.164 e. The lowest BCUT2D eigenvalue weighted by molar-refractivity contribution is 0.596. The van der Waals surface area contributed by atoms with Gasteiger partial charge in [0.15, 0.2) is 5.82 Å². The maximum atomic E-state index is 13.3. The van der Waals surface area contributed by atoms with Crippen molar-refractivity contribution in [2.24, 2.45) is 11.7 Å². The van der Waals surface area contributed by atoms with Gasteiger partial charge in [-0.2, -0.15) is 0 Å². The summed E-state index contributed by atoms with van der Waals surface area (Å²) in [5.74, 6) is 0.257. The first-order valence-electron chi connectivity index (χ1n) is 4.86. The third-order valence-corrected chi connectivity index (χ3v) is 2.71. The first-order valence-corrected chi connectivity index (χ1v) is 4.86. The van der Waals surface area contributed by atoms with Gasteiger partial charge in [-0.1, -0.05) is 0 Å². The highest BCUT2D eigenvalue weighted by molar-refractivity contribution is 5.47. The van der Waals surface area contributed by atoms with Crippen molar-refractivity contribution in [2.75, 3.05) is 24.5 Å². The normalized spacial score (nSPS) is 21.6. The molecule has 76 valence electrons. The molecule has 0 aliphatic carbocycles. The van der Waals surface area contributed by atoms with Crippen LogP contribution in [0.3, 0.4) is 0 Å². The van der Waals surface area contributed by atoms with E-state index in [1.54, 1.807) is 12.3 Å². The van der Waals surface area contributed by atoms with Crippen molar-refractivity contribution in [3.8, 4) is 0 Å². The average molecular weight is 195 g/mol. The predicted molar refractivity (Wildman–Crippen MR) is 53.6 cm³/mol. The standard InChI is InChI=1S/C10H14FN3/c11-9-6-13-3-1-10(9)14-4-2-8(5-12)7-14/h1,3,6,8H,2,4-5,7,12H2. The Kier molecular flexibility index (Phi) is 2.63. The minimum atomic E-state index is -0.245. The highest BCUT2D eigenvalue weighted by Gasteiger charge is 2.23. The summed E-state index contributed by atoms with van der Waals surface area (Å²) in [7, 11) is 0. The molecule has 0 bridgehead atoms. The minimum absolute atomic E-state index is 0.245. The fraction of sp³-hybridized carbons (Fsp3) is 0.500. The number of rotatable bonds is 2. The Morgan fingerprint density at radius 2 is 2.50 bits per heavy atom. The topological polar surface area (TPSA) is 42.1 Å². The summed E-state index contributed by atoms with van der Waals surface area (Å²) in [6, 6.07) is 1.72. The highest BCUT2D eigenvalue weighted by Crippen LogP contribution is 2.24. The van der Waals surface area contributed by atoms with Crippen molar-refractivity contribution in [3.63, 3.8) is 0 Å². The molecule has 4 heteroatoms. The molecule has 0 amide bonds. The highest BCUT2D eigenvalue weighted by atomic mass is 19.1. The summed E-state index contributed by atoms with van der Waals surface area (Å²) < 4.78 is 13.3. The molecule has 1 aromatic rings. The number of halogens is 1. The van der Waals surface area contributed by atoms with E-state index in [1.165, 1.54) is 6.20 Å². The van der Waals surface area contributed by atoms with E-state index in [-0.39, 0.29) is 5.82 Å². The molecule has 1 atom stereocenters. The number of anilines is 1. The third kappa shape index (κ3) is 1.70. The van der Waals surface area contributed by atoms with Gasteiger partial charge < -0.3 is 10.6 Å². The van der Waals surface area contributed by atoms with Crippen molar-refractivity contribution in [3.05, 3.63) is 24.3 Å². The monoisotopic (exact) mass is 195 g/mol. The van der Waals surface area contributed by atoms with Crippen molar-refractivity contribution < 1.29 is 4.39 Å². The van der Waals surface area contributed by atoms with E-state index < -0.39 is 0 Å². The number of aromatic nitrogens is 1. The van der Waals surface area contributed by atoms with Crippen LogP contribution in [0.5, 0.6) is 0 Å². The van der Waals surface area contributed by atoms with Gasteiger partial charge in [0.05, 0.1) is 11.9 Å². The second kappa shape index (κ2) is 3.92. The lowest BCUT2D eigenvalue weighted by Crippen LogP contribution is -2.23. The van der Waals surface area contributed by atoms with Crippen molar-refractivity contribution >= 4 is 5.69 Å². The first-order chi connectivity index (χ1) is 6.81. The van der Waals surface area contributed by atoms with Crippen LogP contribution in [0, 0.1) is 11.7 Å². The average Bonchev–Trinajstić information content (AvgIpc) is 2.67.